The van der Waals surface area contributed by atoms with Crippen molar-refractivity contribution in [3.05, 3.63) is 0 Å². The van der Waals surface area contributed by atoms with E-state index >= 15 is 0 Å². The van der Waals surface area contributed by atoms with E-state index in [0.29, 0.717) is 12.0 Å². The van der Waals surface area contributed by atoms with Crippen molar-refractivity contribution in [2.24, 2.45) is 11.0 Å². The molecular formula is C7H13N3. The highest BCUT2D eigenvalue weighted by Gasteiger charge is 2.35. The maximum Gasteiger partial charge on any atom is 0.0660 e. The Morgan fingerprint density at radius 2 is 2.40 bits per heavy atom. The van der Waals surface area contributed by atoms with Crippen molar-refractivity contribution in [1.29, 1.82) is 0 Å². The summed E-state index contributed by atoms with van der Waals surface area (Å²) >= 11 is 0. The van der Waals surface area contributed by atoms with Gasteiger partial charge in [-0.3, -0.25) is 0 Å². The maximum absolute atomic E-state index is 4.20. The molecule has 3 nitrogen and oxygen atoms in total. The molecule has 2 unspecified atom stereocenters. The molecule has 2 rings (SSSR count). The van der Waals surface area contributed by atoms with Crippen molar-refractivity contribution in [3.63, 3.8) is 0 Å². The Kier molecular flexibility index (Phi) is 1.20. The molecule has 2 heterocycles. The van der Waals surface area contributed by atoms with Gasteiger partial charge in [0.25, 0.3) is 0 Å². The Hall–Kier alpha value is -0.570. The highest BCUT2D eigenvalue weighted by Crippen LogP contribution is 2.20. The number of hydrazone groups is 1. The lowest BCUT2D eigenvalue weighted by atomic mass is 10.0. The van der Waals surface area contributed by atoms with Gasteiger partial charge in [-0.2, -0.15) is 5.10 Å². The lowest BCUT2D eigenvalue weighted by Crippen LogP contribution is -2.27. The van der Waals surface area contributed by atoms with Crippen LogP contribution in [0.2, 0.25) is 0 Å². The van der Waals surface area contributed by atoms with Gasteiger partial charge >= 0.3 is 0 Å². The zero-order valence-corrected chi connectivity index (χ0v) is 6.46. The molecule has 0 aromatic rings. The lowest BCUT2D eigenvalue weighted by Gasteiger charge is -2.06. The van der Waals surface area contributed by atoms with Crippen LogP contribution in [-0.2, 0) is 0 Å². The van der Waals surface area contributed by atoms with E-state index in [1.165, 1.54) is 12.3 Å². The van der Waals surface area contributed by atoms with Gasteiger partial charge in [0.2, 0.25) is 0 Å². The van der Waals surface area contributed by atoms with E-state index in [-0.39, 0.29) is 0 Å². The molecule has 2 aliphatic heterocycles. The molecule has 0 saturated carbocycles. The van der Waals surface area contributed by atoms with Crippen LogP contribution < -0.4 is 5.43 Å². The molecule has 0 aromatic heterocycles. The molecule has 2 atom stereocenters. The minimum atomic E-state index is 0.602. The molecule has 2 aliphatic rings. The van der Waals surface area contributed by atoms with Crippen LogP contribution in [0.25, 0.3) is 0 Å². The largest absolute Gasteiger partial charge is 0.305 e. The summed E-state index contributed by atoms with van der Waals surface area (Å²) in [6, 6.07) is 0.602. The summed E-state index contributed by atoms with van der Waals surface area (Å²) in [4.78, 5) is 2.35. The second-order valence-electron chi connectivity index (χ2n) is 3.32. The Labute approximate surface area is 61.1 Å². The second kappa shape index (κ2) is 1.95. The van der Waals surface area contributed by atoms with Crippen molar-refractivity contribution in [1.82, 2.24) is 10.3 Å². The van der Waals surface area contributed by atoms with Crippen molar-refractivity contribution in [2.45, 2.75) is 13.0 Å². The third kappa shape index (κ3) is 0.736. The lowest BCUT2D eigenvalue weighted by molar-refractivity contribution is 0.397. The SMILES string of the molecule is CC1=NNC2CN(C)CC12. The van der Waals surface area contributed by atoms with E-state index in [9.17, 15) is 0 Å². The van der Waals surface area contributed by atoms with Gasteiger partial charge in [-0.25, -0.2) is 0 Å². The Bertz CT molecular complexity index is 176. The fourth-order valence-corrected chi connectivity index (χ4v) is 1.82. The molecule has 0 aliphatic carbocycles. The van der Waals surface area contributed by atoms with Crippen LogP contribution in [0.3, 0.4) is 0 Å². The molecule has 10 heavy (non-hydrogen) atoms. The Morgan fingerprint density at radius 1 is 1.60 bits per heavy atom. The van der Waals surface area contributed by atoms with E-state index < -0.39 is 0 Å². The zero-order chi connectivity index (χ0) is 7.14. The van der Waals surface area contributed by atoms with E-state index in [2.05, 4.69) is 29.4 Å². The minimum absolute atomic E-state index is 0.602. The van der Waals surface area contributed by atoms with Crippen LogP contribution >= 0.6 is 0 Å². The first-order valence-electron chi connectivity index (χ1n) is 3.75. The highest BCUT2D eigenvalue weighted by molar-refractivity contribution is 5.86. The van der Waals surface area contributed by atoms with Gasteiger partial charge in [0, 0.05) is 24.7 Å². The molecule has 56 valence electrons. The molecule has 1 N–H and O–H groups in total. The number of fused-ring (bicyclic) bond motifs is 1. The van der Waals surface area contributed by atoms with Gasteiger partial charge in [0.05, 0.1) is 6.04 Å². The summed E-state index contributed by atoms with van der Waals surface area (Å²) < 4.78 is 0. The molecular weight excluding hydrogens is 126 g/mol. The summed E-state index contributed by atoms with van der Waals surface area (Å²) in [7, 11) is 2.16. The number of likely N-dealkylation sites (N-methyl/N-ethyl adjacent to an activating group) is 1. The summed E-state index contributed by atoms with van der Waals surface area (Å²) in [5.41, 5.74) is 4.42. The summed E-state index contributed by atoms with van der Waals surface area (Å²) in [6.07, 6.45) is 0. The van der Waals surface area contributed by atoms with Gasteiger partial charge in [-0.15, -0.1) is 0 Å². The number of hydrogen-bond donors (Lipinski definition) is 1. The second-order valence-corrected chi connectivity index (χ2v) is 3.32. The van der Waals surface area contributed by atoms with Crippen LogP contribution in [0.4, 0.5) is 0 Å². The third-order valence-electron chi connectivity index (χ3n) is 2.45. The van der Waals surface area contributed by atoms with Gasteiger partial charge in [-0.05, 0) is 14.0 Å². The molecule has 1 fully saturated rings. The monoisotopic (exact) mass is 139 g/mol. The predicted octanol–water partition coefficient (Wildman–Crippen LogP) is -0.104. The molecule has 0 spiro atoms. The van der Waals surface area contributed by atoms with E-state index in [1.807, 2.05) is 0 Å². The number of rotatable bonds is 0. The van der Waals surface area contributed by atoms with Gasteiger partial charge < -0.3 is 10.3 Å². The first-order chi connectivity index (χ1) is 4.77. The fourth-order valence-electron chi connectivity index (χ4n) is 1.82. The quantitative estimate of drug-likeness (QED) is 0.507. The number of likely N-dealkylation sites (tertiary alicyclic amines) is 1. The van der Waals surface area contributed by atoms with Crippen LogP contribution in [-0.4, -0.2) is 36.8 Å². The van der Waals surface area contributed by atoms with E-state index in [1.54, 1.807) is 0 Å². The van der Waals surface area contributed by atoms with Crippen molar-refractivity contribution in [2.75, 3.05) is 20.1 Å². The van der Waals surface area contributed by atoms with Gasteiger partial charge in [-0.1, -0.05) is 0 Å². The third-order valence-corrected chi connectivity index (χ3v) is 2.45. The molecule has 0 bridgehead atoms. The number of nitrogens with zero attached hydrogens (tertiary/aromatic N) is 2. The first-order valence-corrected chi connectivity index (χ1v) is 3.75. The molecule has 1 saturated heterocycles. The average Bonchev–Trinajstić information content (AvgIpc) is 2.35. The zero-order valence-electron chi connectivity index (χ0n) is 6.46. The molecule has 0 amide bonds. The standard InChI is InChI=1S/C7H13N3/c1-5-6-3-10(2)4-7(6)9-8-5/h6-7,9H,3-4H2,1-2H3. The normalized spacial score (nSPS) is 39.2. The summed E-state index contributed by atoms with van der Waals surface area (Å²) in [5, 5.41) is 4.20. The fraction of sp³-hybridized carbons (Fsp3) is 0.857. The smallest absolute Gasteiger partial charge is 0.0660 e. The van der Waals surface area contributed by atoms with Crippen molar-refractivity contribution in [3.8, 4) is 0 Å². The predicted molar refractivity (Wildman–Crippen MR) is 41.0 cm³/mol. The number of hydrogen-bond acceptors (Lipinski definition) is 3. The van der Waals surface area contributed by atoms with Crippen LogP contribution in [0.15, 0.2) is 5.10 Å². The van der Waals surface area contributed by atoms with Crippen LogP contribution in [0.5, 0.6) is 0 Å². The van der Waals surface area contributed by atoms with Crippen LogP contribution in [0, 0.1) is 5.92 Å². The average molecular weight is 139 g/mol. The molecule has 0 aromatic carbocycles. The number of nitrogens with one attached hydrogen (secondary N) is 1. The van der Waals surface area contributed by atoms with Crippen molar-refractivity contribution < 1.29 is 0 Å². The minimum Gasteiger partial charge on any atom is -0.305 e. The Morgan fingerprint density at radius 3 is 3.10 bits per heavy atom. The van der Waals surface area contributed by atoms with Gasteiger partial charge in [0.15, 0.2) is 0 Å². The van der Waals surface area contributed by atoms with Crippen LogP contribution in [0.1, 0.15) is 6.92 Å². The van der Waals surface area contributed by atoms with E-state index in [4.69, 9.17) is 0 Å². The summed E-state index contributed by atoms with van der Waals surface area (Å²) in [6.45, 7) is 4.43. The van der Waals surface area contributed by atoms with Gasteiger partial charge in [0.1, 0.15) is 0 Å². The highest BCUT2D eigenvalue weighted by atomic mass is 15.4. The molecule has 3 heteroatoms. The molecule has 0 radical (unpaired) electrons. The first kappa shape index (κ1) is 6.16. The van der Waals surface area contributed by atoms with E-state index in [0.717, 1.165) is 6.54 Å². The van der Waals surface area contributed by atoms with Crippen molar-refractivity contribution >= 4 is 5.71 Å². The summed E-state index contributed by atoms with van der Waals surface area (Å²) in [5.74, 6) is 0.685. The topological polar surface area (TPSA) is 27.6 Å². The Balaban J connectivity index is 2.13. The maximum atomic E-state index is 4.20.